The average Bonchev–Trinajstić information content (AvgIpc) is 3.17. The van der Waals surface area contributed by atoms with Crippen LogP contribution in [0.25, 0.3) is 11.0 Å². The van der Waals surface area contributed by atoms with E-state index in [2.05, 4.69) is 55.9 Å². The predicted octanol–water partition coefficient (Wildman–Crippen LogP) is 8.96. The van der Waals surface area contributed by atoms with Crippen molar-refractivity contribution >= 4 is 42.9 Å². The van der Waals surface area contributed by atoms with Gasteiger partial charge >= 0.3 is 0 Å². The summed E-state index contributed by atoms with van der Waals surface area (Å²) in [6.07, 6.45) is 16.4. The highest BCUT2D eigenvalue weighted by atomic mass is 79.9. The Morgan fingerprint density at radius 2 is 1.10 bits per heavy atom. The van der Waals surface area contributed by atoms with Crippen LogP contribution in [0, 0.1) is 17.6 Å². The van der Waals surface area contributed by atoms with E-state index in [-0.39, 0.29) is 8.95 Å². The molecule has 0 aliphatic carbocycles. The van der Waals surface area contributed by atoms with Gasteiger partial charge in [-0.3, -0.25) is 0 Å². The second-order valence-electron chi connectivity index (χ2n) is 8.33. The maximum absolute atomic E-state index is 14.0. The summed E-state index contributed by atoms with van der Waals surface area (Å²) in [6.45, 7) is 5.16. The normalized spacial score (nSPS) is 12.7. The van der Waals surface area contributed by atoms with Crippen molar-refractivity contribution in [3.8, 4) is 0 Å². The molecule has 1 heterocycles. The van der Waals surface area contributed by atoms with Crippen LogP contribution in [0.4, 0.5) is 8.78 Å². The molecule has 1 aromatic carbocycles. The predicted molar refractivity (Wildman–Crippen MR) is 128 cm³/mol. The molecule has 0 N–H and O–H groups in total. The molecule has 1 aromatic heterocycles. The van der Waals surface area contributed by atoms with Crippen LogP contribution < -0.4 is 0 Å². The molecule has 0 saturated carbocycles. The highest BCUT2D eigenvalue weighted by Crippen LogP contribution is 2.33. The van der Waals surface area contributed by atoms with E-state index in [4.69, 9.17) is 0 Å². The van der Waals surface area contributed by atoms with E-state index >= 15 is 0 Å². The zero-order valence-electron chi connectivity index (χ0n) is 18.3. The van der Waals surface area contributed by atoms with Gasteiger partial charge in [0.15, 0.2) is 11.6 Å². The number of rotatable bonds is 15. The highest BCUT2D eigenvalue weighted by molar-refractivity contribution is 9.11. The van der Waals surface area contributed by atoms with E-state index in [1.807, 2.05) is 0 Å². The molecule has 3 nitrogen and oxygen atoms in total. The summed E-state index contributed by atoms with van der Waals surface area (Å²) in [6, 6.07) is 0. The summed E-state index contributed by atoms with van der Waals surface area (Å²) < 4.78 is 28.1. The summed E-state index contributed by atoms with van der Waals surface area (Å²) >= 11 is 6.26. The topological polar surface area (TPSA) is 30.7 Å². The number of halogens is 4. The lowest BCUT2D eigenvalue weighted by atomic mass is 9.94. The lowest BCUT2D eigenvalue weighted by Gasteiger charge is -2.16. The largest absolute Gasteiger partial charge is 0.202 e. The van der Waals surface area contributed by atoms with Crippen LogP contribution in [0.1, 0.15) is 97.3 Å². The molecule has 2 aromatic rings. The number of nitrogens with zero attached hydrogens (tertiary/aromatic N) is 3. The van der Waals surface area contributed by atoms with E-state index in [0.29, 0.717) is 23.5 Å². The number of hydrogen-bond donors (Lipinski definition) is 0. The molecule has 0 fully saturated rings. The van der Waals surface area contributed by atoms with Crippen molar-refractivity contribution in [3.05, 3.63) is 20.6 Å². The number of aromatic nitrogens is 3. The maximum Gasteiger partial charge on any atom is 0.176 e. The summed E-state index contributed by atoms with van der Waals surface area (Å²) in [7, 11) is 0. The van der Waals surface area contributed by atoms with Crippen LogP contribution in [0.2, 0.25) is 0 Å². The monoisotopic (exact) mass is 549 g/mol. The molecule has 7 heteroatoms. The lowest BCUT2D eigenvalue weighted by molar-refractivity contribution is 0.326. The van der Waals surface area contributed by atoms with E-state index in [1.54, 1.807) is 4.80 Å². The summed E-state index contributed by atoms with van der Waals surface area (Å²) in [4.78, 5) is 1.63. The van der Waals surface area contributed by atoms with Crippen LogP contribution in [-0.4, -0.2) is 15.0 Å². The van der Waals surface area contributed by atoms with Crippen molar-refractivity contribution in [2.45, 2.75) is 104 Å². The minimum atomic E-state index is -0.930. The average molecular weight is 551 g/mol. The van der Waals surface area contributed by atoms with Crippen LogP contribution in [0.15, 0.2) is 8.95 Å². The van der Waals surface area contributed by atoms with Crippen LogP contribution in [0.3, 0.4) is 0 Å². The molecule has 30 heavy (non-hydrogen) atoms. The quantitative estimate of drug-likeness (QED) is 0.126. The van der Waals surface area contributed by atoms with Crippen molar-refractivity contribution in [2.24, 2.45) is 5.92 Å². The molecule has 0 amide bonds. The number of benzene rings is 1. The first-order chi connectivity index (χ1) is 14.5. The zero-order chi connectivity index (χ0) is 21.9. The van der Waals surface area contributed by atoms with Gasteiger partial charge in [0.1, 0.15) is 11.0 Å². The van der Waals surface area contributed by atoms with Crippen LogP contribution >= 0.6 is 31.9 Å². The standard InChI is InChI=1S/C23H35Br2F2N3/c1-3-5-7-9-10-11-13-15-17(14-12-8-6-4-2)16-30-28-22-18(24)20(26)21(27)19(25)23(22)29-30/h17H,3-16H2,1-2H3. The van der Waals surface area contributed by atoms with E-state index in [9.17, 15) is 8.78 Å². The Bertz CT molecular complexity index is 735. The first kappa shape index (κ1) is 25.7. The van der Waals surface area contributed by atoms with E-state index < -0.39 is 11.6 Å². The van der Waals surface area contributed by atoms with Gasteiger partial charge in [0.25, 0.3) is 0 Å². The van der Waals surface area contributed by atoms with Gasteiger partial charge in [0.2, 0.25) is 0 Å². The second-order valence-corrected chi connectivity index (χ2v) is 9.92. The Kier molecular flexibility index (Phi) is 11.8. The Hall–Kier alpha value is -0.560. The fourth-order valence-electron chi connectivity index (χ4n) is 3.93. The van der Waals surface area contributed by atoms with Gasteiger partial charge in [-0.25, -0.2) is 8.78 Å². The Morgan fingerprint density at radius 1 is 0.700 bits per heavy atom. The molecule has 0 spiro atoms. The van der Waals surface area contributed by atoms with Crippen molar-refractivity contribution in [3.63, 3.8) is 0 Å². The molecule has 170 valence electrons. The molecule has 0 aliphatic heterocycles. The summed E-state index contributed by atoms with van der Waals surface area (Å²) in [5.74, 6) is -1.37. The van der Waals surface area contributed by atoms with E-state index in [0.717, 1.165) is 12.8 Å². The number of hydrogen-bond acceptors (Lipinski definition) is 2. The van der Waals surface area contributed by atoms with Gasteiger partial charge < -0.3 is 0 Å². The van der Waals surface area contributed by atoms with Crippen molar-refractivity contribution in [1.82, 2.24) is 15.0 Å². The van der Waals surface area contributed by atoms with Gasteiger partial charge in [0, 0.05) is 0 Å². The third kappa shape index (κ3) is 7.54. The fraction of sp³-hybridized carbons (Fsp3) is 0.739. The van der Waals surface area contributed by atoms with E-state index in [1.165, 1.54) is 70.6 Å². The SMILES string of the molecule is CCCCCCCCCC(CCCCCC)Cn1nc2c(Br)c(F)c(F)c(Br)c2n1. The van der Waals surface area contributed by atoms with Gasteiger partial charge in [-0.15, -0.1) is 0 Å². The molecule has 0 aliphatic rings. The minimum absolute atomic E-state index is 0.0380. The fourth-order valence-corrected chi connectivity index (χ4v) is 4.82. The molecule has 0 radical (unpaired) electrons. The number of fused-ring (bicyclic) bond motifs is 1. The van der Waals surface area contributed by atoms with Crippen molar-refractivity contribution < 1.29 is 8.78 Å². The van der Waals surface area contributed by atoms with Gasteiger partial charge in [-0.1, -0.05) is 84.5 Å². The number of unbranched alkanes of at least 4 members (excludes halogenated alkanes) is 9. The third-order valence-corrected chi connectivity index (χ3v) is 7.20. The molecule has 0 bridgehead atoms. The molecular weight excluding hydrogens is 516 g/mol. The van der Waals surface area contributed by atoms with Gasteiger partial charge in [0.05, 0.1) is 15.5 Å². The smallest absolute Gasteiger partial charge is 0.176 e. The minimum Gasteiger partial charge on any atom is -0.202 e. The Labute approximate surface area is 196 Å². The maximum atomic E-state index is 14.0. The summed E-state index contributed by atoms with van der Waals surface area (Å²) in [5, 5.41) is 8.92. The van der Waals surface area contributed by atoms with Gasteiger partial charge in [-0.05, 0) is 50.6 Å². The van der Waals surface area contributed by atoms with Crippen LogP contribution in [0.5, 0.6) is 0 Å². The third-order valence-electron chi connectivity index (χ3n) is 5.75. The van der Waals surface area contributed by atoms with Crippen LogP contribution in [-0.2, 0) is 6.54 Å². The Morgan fingerprint density at radius 3 is 1.57 bits per heavy atom. The Balaban J connectivity index is 1.99. The van der Waals surface area contributed by atoms with Gasteiger partial charge in [-0.2, -0.15) is 15.0 Å². The highest BCUT2D eigenvalue weighted by Gasteiger charge is 2.22. The second kappa shape index (κ2) is 13.8. The molecule has 0 saturated heterocycles. The first-order valence-electron chi connectivity index (χ1n) is 11.6. The molecule has 1 atom stereocenters. The van der Waals surface area contributed by atoms with Crippen molar-refractivity contribution in [1.29, 1.82) is 0 Å². The van der Waals surface area contributed by atoms with Crippen molar-refractivity contribution in [2.75, 3.05) is 0 Å². The lowest BCUT2D eigenvalue weighted by Crippen LogP contribution is -2.13. The first-order valence-corrected chi connectivity index (χ1v) is 13.1. The summed E-state index contributed by atoms with van der Waals surface area (Å²) in [5.41, 5.74) is 0.725. The molecular formula is C23H35Br2F2N3. The molecule has 1 unspecified atom stereocenters. The molecule has 2 rings (SSSR count). The zero-order valence-corrected chi connectivity index (χ0v) is 21.5.